The topological polar surface area (TPSA) is 55.6 Å². The van der Waals surface area contributed by atoms with Gasteiger partial charge in [0, 0.05) is 6.20 Å². The number of carbonyl (C=O) groups is 1. The van der Waals surface area contributed by atoms with E-state index in [4.69, 9.17) is 9.15 Å². The van der Waals surface area contributed by atoms with Crippen LogP contribution in [0.4, 0.5) is 4.79 Å². The zero-order valence-electron chi connectivity index (χ0n) is 12.6. The summed E-state index contributed by atoms with van der Waals surface area (Å²) in [6.07, 6.45) is 2.91. The van der Waals surface area contributed by atoms with Gasteiger partial charge in [-0.2, -0.15) is 0 Å². The molecule has 0 saturated heterocycles. The van der Waals surface area contributed by atoms with Crippen molar-refractivity contribution in [1.29, 1.82) is 0 Å². The van der Waals surface area contributed by atoms with Crippen molar-refractivity contribution in [3.05, 3.63) is 54.2 Å². The fourth-order valence-electron chi connectivity index (χ4n) is 1.79. The minimum Gasteiger partial charge on any atom is -0.467 e. The Morgan fingerprint density at radius 2 is 2.05 bits per heavy atom. The molecule has 0 aliphatic heterocycles. The van der Waals surface area contributed by atoms with Crippen LogP contribution in [0.5, 0.6) is 0 Å². The highest BCUT2D eigenvalue weighted by Gasteiger charge is 2.23. The van der Waals surface area contributed by atoms with Gasteiger partial charge >= 0.3 is 6.09 Å². The minimum atomic E-state index is -0.539. The van der Waals surface area contributed by atoms with Gasteiger partial charge in [-0.25, -0.2) is 4.79 Å². The summed E-state index contributed by atoms with van der Waals surface area (Å²) in [6.45, 7) is 6.25. The predicted molar refractivity (Wildman–Crippen MR) is 78.4 cm³/mol. The predicted octanol–water partition coefficient (Wildman–Crippen LogP) is 3.61. The number of ether oxygens (including phenoxy) is 1. The molecule has 5 heteroatoms. The van der Waals surface area contributed by atoms with E-state index >= 15 is 0 Å². The van der Waals surface area contributed by atoms with Crippen molar-refractivity contribution in [3.63, 3.8) is 0 Å². The third-order valence-corrected chi connectivity index (χ3v) is 2.66. The average molecular weight is 288 g/mol. The van der Waals surface area contributed by atoms with Gasteiger partial charge in [-0.1, -0.05) is 6.07 Å². The van der Waals surface area contributed by atoms with Crippen LogP contribution in [-0.2, 0) is 17.8 Å². The Bertz CT molecular complexity index is 559. The maximum absolute atomic E-state index is 12.3. The quantitative estimate of drug-likeness (QED) is 0.862. The monoisotopic (exact) mass is 288 g/mol. The SMILES string of the molecule is CC(C)(C)OC(=O)N(Cc1ccccn1)Cc1ccco1. The number of carbonyl (C=O) groups excluding carboxylic acids is 1. The van der Waals surface area contributed by atoms with Gasteiger partial charge in [-0.3, -0.25) is 9.88 Å². The molecule has 0 unspecified atom stereocenters. The molecule has 1 amide bonds. The Balaban J connectivity index is 2.11. The first-order valence-corrected chi connectivity index (χ1v) is 6.84. The van der Waals surface area contributed by atoms with Crippen LogP contribution in [0.3, 0.4) is 0 Å². The smallest absolute Gasteiger partial charge is 0.411 e. The number of pyridine rings is 1. The molecule has 2 rings (SSSR count). The van der Waals surface area contributed by atoms with Gasteiger partial charge in [-0.15, -0.1) is 0 Å². The van der Waals surface area contributed by atoms with Crippen molar-refractivity contribution in [3.8, 4) is 0 Å². The molecule has 21 heavy (non-hydrogen) atoms. The lowest BCUT2D eigenvalue weighted by Gasteiger charge is -2.26. The first-order chi connectivity index (χ1) is 9.94. The number of rotatable bonds is 4. The third-order valence-electron chi connectivity index (χ3n) is 2.66. The third kappa shape index (κ3) is 4.95. The van der Waals surface area contributed by atoms with E-state index in [1.165, 1.54) is 0 Å². The van der Waals surface area contributed by atoms with E-state index in [0.717, 1.165) is 5.69 Å². The van der Waals surface area contributed by atoms with Gasteiger partial charge in [0.2, 0.25) is 0 Å². The Kier molecular flexibility index (Phi) is 4.62. The molecule has 0 radical (unpaired) electrons. The van der Waals surface area contributed by atoms with Gasteiger partial charge < -0.3 is 9.15 Å². The van der Waals surface area contributed by atoms with Crippen LogP contribution in [-0.4, -0.2) is 21.6 Å². The molecule has 0 aromatic carbocycles. The van der Waals surface area contributed by atoms with Crippen molar-refractivity contribution >= 4 is 6.09 Å². The minimum absolute atomic E-state index is 0.346. The van der Waals surface area contributed by atoms with Gasteiger partial charge in [0.1, 0.15) is 11.4 Å². The Morgan fingerprint density at radius 1 is 1.24 bits per heavy atom. The molecule has 0 atom stereocenters. The van der Waals surface area contributed by atoms with Gasteiger partial charge in [0.05, 0.1) is 25.0 Å². The van der Waals surface area contributed by atoms with Crippen LogP contribution in [0.25, 0.3) is 0 Å². The first-order valence-electron chi connectivity index (χ1n) is 6.84. The maximum atomic E-state index is 12.3. The van der Waals surface area contributed by atoms with Crippen molar-refractivity contribution in [2.45, 2.75) is 39.5 Å². The van der Waals surface area contributed by atoms with Gasteiger partial charge in [0.15, 0.2) is 0 Å². The van der Waals surface area contributed by atoms with Crippen LogP contribution in [0, 0.1) is 0 Å². The number of amides is 1. The summed E-state index contributed by atoms with van der Waals surface area (Å²) in [4.78, 5) is 18.1. The molecular formula is C16H20N2O3. The molecule has 0 N–H and O–H groups in total. The molecular weight excluding hydrogens is 268 g/mol. The van der Waals surface area contributed by atoms with Crippen LogP contribution in [0.2, 0.25) is 0 Å². The normalized spacial score (nSPS) is 11.2. The van der Waals surface area contributed by atoms with Crippen molar-refractivity contribution in [2.75, 3.05) is 0 Å². The molecule has 2 aromatic heterocycles. The molecule has 0 spiro atoms. The second-order valence-corrected chi connectivity index (χ2v) is 5.74. The van der Waals surface area contributed by atoms with Gasteiger partial charge in [0.25, 0.3) is 0 Å². The van der Waals surface area contributed by atoms with Crippen molar-refractivity contribution in [2.24, 2.45) is 0 Å². The van der Waals surface area contributed by atoms with E-state index in [1.807, 2.05) is 45.0 Å². The first kappa shape index (κ1) is 15.1. The molecule has 2 aromatic rings. The molecule has 5 nitrogen and oxygen atoms in total. The summed E-state index contributed by atoms with van der Waals surface area (Å²) >= 11 is 0. The molecule has 0 fully saturated rings. The Morgan fingerprint density at radius 3 is 2.62 bits per heavy atom. The summed E-state index contributed by atoms with van der Waals surface area (Å²) in [5.41, 5.74) is 0.262. The summed E-state index contributed by atoms with van der Waals surface area (Å²) < 4.78 is 10.8. The molecule has 0 aliphatic carbocycles. The van der Waals surface area contributed by atoms with E-state index in [9.17, 15) is 4.79 Å². The zero-order valence-corrected chi connectivity index (χ0v) is 12.6. The number of hydrogen-bond donors (Lipinski definition) is 0. The molecule has 0 bridgehead atoms. The van der Waals surface area contributed by atoms with Crippen molar-refractivity contribution < 1.29 is 13.9 Å². The van der Waals surface area contributed by atoms with Crippen LogP contribution in [0.15, 0.2) is 47.2 Å². The highest BCUT2D eigenvalue weighted by molar-refractivity contribution is 5.68. The lowest BCUT2D eigenvalue weighted by atomic mass is 10.2. The molecule has 112 valence electrons. The largest absolute Gasteiger partial charge is 0.467 e. The summed E-state index contributed by atoms with van der Waals surface area (Å²) in [7, 11) is 0. The molecule has 0 saturated carbocycles. The van der Waals surface area contributed by atoms with E-state index in [1.54, 1.807) is 23.4 Å². The lowest BCUT2D eigenvalue weighted by Crippen LogP contribution is -2.36. The highest BCUT2D eigenvalue weighted by atomic mass is 16.6. The molecule has 0 aliphatic rings. The Hall–Kier alpha value is -2.30. The highest BCUT2D eigenvalue weighted by Crippen LogP contribution is 2.15. The summed E-state index contributed by atoms with van der Waals surface area (Å²) in [6, 6.07) is 9.23. The number of hydrogen-bond acceptors (Lipinski definition) is 4. The Labute approximate surface area is 124 Å². The lowest BCUT2D eigenvalue weighted by molar-refractivity contribution is 0.0201. The fraction of sp³-hybridized carbons (Fsp3) is 0.375. The van der Waals surface area contributed by atoms with Crippen LogP contribution >= 0.6 is 0 Å². The fourth-order valence-corrected chi connectivity index (χ4v) is 1.79. The summed E-state index contributed by atoms with van der Waals surface area (Å²) in [5.74, 6) is 0.705. The number of furan rings is 1. The zero-order chi connectivity index (χ0) is 15.3. The molecule has 2 heterocycles. The van der Waals surface area contributed by atoms with E-state index < -0.39 is 5.60 Å². The van der Waals surface area contributed by atoms with E-state index in [2.05, 4.69) is 4.98 Å². The van der Waals surface area contributed by atoms with E-state index in [-0.39, 0.29) is 6.09 Å². The van der Waals surface area contributed by atoms with E-state index in [0.29, 0.717) is 18.8 Å². The maximum Gasteiger partial charge on any atom is 0.411 e. The van der Waals surface area contributed by atoms with Crippen molar-refractivity contribution in [1.82, 2.24) is 9.88 Å². The van der Waals surface area contributed by atoms with Gasteiger partial charge in [-0.05, 0) is 45.0 Å². The second-order valence-electron chi connectivity index (χ2n) is 5.74. The summed E-state index contributed by atoms with van der Waals surface area (Å²) in [5, 5.41) is 0. The second kappa shape index (κ2) is 6.43. The van der Waals surface area contributed by atoms with Crippen LogP contribution < -0.4 is 0 Å². The average Bonchev–Trinajstić information content (AvgIpc) is 2.90. The van der Waals surface area contributed by atoms with Crippen LogP contribution in [0.1, 0.15) is 32.2 Å². The number of aromatic nitrogens is 1. The standard InChI is InChI=1S/C16H20N2O3/c1-16(2,3)21-15(19)18(12-14-8-6-10-20-14)11-13-7-4-5-9-17-13/h4-10H,11-12H2,1-3H3. The number of nitrogens with zero attached hydrogens (tertiary/aromatic N) is 2.